The number of rotatable bonds is 5. The molecule has 2 fully saturated rings. The molecule has 142 valence electrons. The second-order valence-corrected chi connectivity index (χ2v) is 7.14. The summed E-state index contributed by atoms with van der Waals surface area (Å²) in [4.78, 5) is 26.2. The van der Waals surface area contributed by atoms with E-state index in [9.17, 15) is 9.59 Å². The Morgan fingerprint density at radius 2 is 1.85 bits per heavy atom. The number of nitrogens with one attached hydrogen (secondary N) is 2. The van der Waals surface area contributed by atoms with Gasteiger partial charge in [0, 0.05) is 32.2 Å². The summed E-state index contributed by atoms with van der Waals surface area (Å²) in [7, 11) is 0. The van der Waals surface area contributed by atoms with E-state index in [2.05, 4.69) is 27.7 Å². The Kier molecular flexibility index (Phi) is 7.03. The van der Waals surface area contributed by atoms with Gasteiger partial charge in [-0.25, -0.2) is 0 Å². The molecule has 1 saturated heterocycles. The van der Waals surface area contributed by atoms with Gasteiger partial charge in [0.25, 0.3) is 0 Å². The molecule has 0 radical (unpaired) electrons. The van der Waals surface area contributed by atoms with E-state index in [0.717, 1.165) is 45.3 Å². The maximum atomic E-state index is 12.0. The fourth-order valence-electron chi connectivity index (χ4n) is 3.68. The van der Waals surface area contributed by atoms with Crippen LogP contribution in [0.15, 0.2) is 30.3 Å². The van der Waals surface area contributed by atoms with Crippen molar-refractivity contribution < 1.29 is 14.3 Å². The molecule has 0 unspecified atom stereocenters. The molecule has 2 N–H and O–H groups in total. The highest BCUT2D eigenvalue weighted by Crippen LogP contribution is 2.21. The zero-order valence-corrected chi connectivity index (χ0v) is 15.3. The third-order valence-corrected chi connectivity index (χ3v) is 5.18. The summed E-state index contributed by atoms with van der Waals surface area (Å²) in [5.41, 5.74) is 1.17. The van der Waals surface area contributed by atoms with Crippen molar-refractivity contribution in [2.75, 3.05) is 32.8 Å². The van der Waals surface area contributed by atoms with Crippen LogP contribution >= 0.6 is 0 Å². The number of ether oxygens (including phenoxy) is 1. The van der Waals surface area contributed by atoms with Crippen molar-refractivity contribution in [3.05, 3.63) is 35.9 Å². The number of amides is 2. The first-order valence-electron chi connectivity index (χ1n) is 9.70. The molecule has 2 amide bonds. The van der Waals surface area contributed by atoms with Crippen molar-refractivity contribution >= 4 is 11.8 Å². The third kappa shape index (κ3) is 5.54. The first kappa shape index (κ1) is 18.9. The molecule has 2 aliphatic rings. The number of nitrogens with zero attached hydrogens (tertiary/aromatic N) is 1. The summed E-state index contributed by atoms with van der Waals surface area (Å²) in [6.45, 7) is 3.50. The van der Waals surface area contributed by atoms with Crippen LogP contribution in [0.4, 0.5) is 0 Å². The number of carbonyl (C=O) groups excluding carboxylic acids is 2. The summed E-state index contributed by atoms with van der Waals surface area (Å²) >= 11 is 0. The van der Waals surface area contributed by atoms with Crippen LogP contribution in [0.2, 0.25) is 0 Å². The minimum Gasteiger partial charge on any atom is -0.371 e. The Hall–Kier alpha value is -1.92. The molecule has 1 heterocycles. The molecule has 6 nitrogen and oxygen atoms in total. The third-order valence-electron chi connectivity index (χ3n) is 5.18. The Morgan fingerprint density at radius 1 is 1.08 bits per heavy atom. The van der Waals surface area contributed by atoms with Crippen LogP contribution in [0.25, 0.3) is 0 Å². The molecule has 1 aromatic carbocycles. The molecule has 0 aromatic heterocycles. The van der Waals surface area contributed by atoms with Crippen LogP contribution in [0, 0.1) is 0 Å². The van der Waals surface area contributed by atoms with Crippen LogP contribution < -0.4 is 10.6 Å². The molecule has 6 heteroatoms. The van der Waals surface area contributed by atoms with E-state index in [4.69, 9.17) is 4.74 Å². The van der Waals surface area contributed by atoms with Crippen molar-refractivity contribution in [2.45, 2.75) is 44.2 Å². The van der Waals surface area contributed by atoms with Crippen molar-refractivity contribution in [3.63, 3.8) is 0 Å². The van der Waals surface area contributed by atoms with E-state index < -0.39 is 11.8 Å². The van der Waals surface area contributed by atoms with E-state index in [1.165, 1.54) is 12.0 Å². The van der Waals surface area contributed by atoms with E-state index in [0.29, 0.717) is 13.2 Å². The normalized spacial score (nSPS) is 21.9. The summed E-state index contributed by atoms with van der Waals surface area (Å²) < 4.78 is 5.85. The van der Waals surface area contributed by atoms with Gasteiger partial charge in [-0.2, -0.15) is 0 Å². The quantitative estimate of drug-likeness (QED) is 0.784. The first-order chi connectivity index (χ1) is 12.7. The standard InChI is InChI=1S/C20H29N3O3/c24-19(20(25)22-17-9-5-2-6-10-17)21-11-12-23-13-14-26-18(15-23)16-7-3-1-4-8-16/h1,3-4,7-8,17-18H,2,5-6,9-15H2,(H,21,24)(H,22,25)/t18-/m0/s1. The topological polar surface area (TPSA) is 70.7 Å². The molecule has 1 saturated carbocycles. The minimum atomic E-state index is -0.525. The first-order valence-corrected chi connectivity index (χ1v) is 9.70. The fraction of sp³-hybridized carbons (Fsp3) is 0.600. The van der Waals surface area contributed by atoms with Gasteiger partial charge in [0.2, 0.25) is 0 Å². The molecular formula is C20H29N3O3. The Morgan fingerprint density at radius 3 is 2.62 bits per heavy atom. The molecule has 0 bridgehead atoms. The number of hydrogen-bond acceptors (Lipinski definition) is 4. The van der Waals surface area contributed by atoms with Gasteiger partial charge in [0.05, 0.1) is 12.7 Å². The smallest absolute Gasteiger partial charge is 0.309 e. The van der Waals surface area contributed by atoms with Gasteiger partial charge in [-0.3, -0.25) is 14.5 Å². The van der Waals surface area contributed by atoms with Crippen molar-refractivity contribution in [1.29, 1.82) is 0 Å². The van der Waals surface area contributed by atoms with Crippen LogP contribution in [0.5, 0.6) is 0 Å². The highest BCUT2D eigenvalue weighted by atomic mass is 16.5. The Balaban J connectivity index is 1.37. The second-order valence-electron chi connectivity index (χ2n) is 7.14. The van der Waals surface area contributed by atoms with E-state index in [-0.39, 0.29) is 12.1 Å². The summed E-state index contributed by atoms with van der Waals surface area (Å²) in [5.74, 6) is -1.02. The van der Waals surface area contributed by atoms with Crippen molar-refractivity contribution in [3.8, 4) is 0 Å². The zero-order valence-electron chi connectivity index (χ0n) is 15.3. The number of hydrogen-bond donors (Lipinski definition) is 2. The van der Waals surface area contributed by atoms with Crippen LogP contribution in [0.3, 0.4) is 0 Å². The van der Waals surface area contributed by atoms with Crippen LogP contribution in [-0.4, -0.2) is 55.5 Å². The van der Waals surface area contributed by atoms with Crippen molar-refractivity contribution in [1.82, 2.24) is 15.5 Å². The lowest BCUT2D eigenvalue weighted by Crippen LogP contribution is -2.47. The van der Waals surface area contributed by atoms with Gasteiger partial charge in [-0.05, 0) is 18.4 Å². The second kappa shape index (κ2) is 9.69. The Bertz CT molecular complexity index is 587. The largest absolute Gasteiger partial charge is 0.371 e. The van der Waals surface area contributed by atoms with Gasteiger partial charge in [-0.15, -0.1) is 0 Å². The Labute approximate surface area is 155 Å². The minimum absolute atomic E-state index is 0.0650. The van der Waals surface area contributed by atoms with Gasteiger partial charge in [0.1, 0.15) is 0 Å². The number of benzene rings is 1. The average molecular weight is 359 g/mol. The number of carbonyl (C=O) groups is 2. The van der Waals surface area contributed by atoms with Gasteiger partial charge in [0.15, 0.2) is 0 Å². The monoisotopic (exact) mass is 359 g/mol. The maximum absolute atomic E-state index is 12.0. The van der Waals surface area contributed by atoms with E-state index in [1.807, 2.05) is 18.2 Å². The fourth-order valence-corrected chi connectivity index (χ4v) is 3.68. The lowest BCUT2D eigenvalue weighted by molar-refractivity contribution is -0.139. The van der Waals surface area contributed by atoms with Crippen LogP contribution in [-0.2, 0) is 14.3 Å². The number of morpholine rings is 1. The summed E-state index contributed by atoms with van der Waals surface area (Å²) in [6, 6.07) is 10.3. The average Bonchev–Trinajstić information content (AvgIpc) is 2.69. The SMILES string of the molecule is O=C(NCCN1CCO[C@H](c2ccccc2)C1)C(=O)NC1CCCCC1. The molecule has 1 atom stereocenters. The molecule has 1 aromatic rings. The van der Waals surface area contributed by atoms with Crippen LogP contribution in [0.1, 0.15) is 43.8 Å². The van der Waals surface area contributed by atoms with Gasteiger partial charge < -0.3 is 15.4 Å². The maximum Gasteiger partial charge on any atom is 0.309 e. The van der Waals surface area contributed by atoms with E-state index >= 15 is 0 Å². The molecule has 26 heavy (non-hydrogen) atoms. The molecule has 1 aliphatic carbocycles. The predicted octanol–water partition coefficient (Wildman–Crippen LogP) is 1.62. The lowest BCUT2D eigenvalue weighted by atomic mass is 9.95. The summed E-state index contributed by atoms with van der Waals surface area (Å²) in [5, 5.41) is 5.59. The van der Waals surface area contributed by atoms with E-state index in [1.54, 1.807) is 0 Å². The molecule has 1 aliphatic heterocycles. The summed E-state index contributed by atoms with van der Waals surface area (Å²) in [6.07, 6.45) is 5.51. The molecular weight excluding hydrogens is 330 g/mol. The van der Waals surface area contributed by atoms with Gasteiger partial charge in [-0.1, -0.05) is 49.6 Å². The van der Waals surface area contributed by atoms with Crippen molar-refractivity contribution in [2.24, 2.45) is 0 Å². The highest BCUT2D eigenvalue weighted by molar-refractivity contribution is 6.35. The lowest BCUT2D eigenvalue weighted by Gasteiger charge is -2.33. The van der Waals surface area contributed by atoms with Gasteiger partial charge >= 0.3 is 11.8 Å². The molecule has 0 spiro atoms. The predicted molar refractivity (Wildman–Crippen MR) is 99.6 cm³/mol. The zero-order chi connectivity index (χ0) is 18.2. The molecule has 3 rings (SSSR count). The highest BCUT2D eigenvalue weighted by Gasteiger charge is 2.23.